The van der Waals surface area contributed by atoms with Gasteiger partial charge >= 0.3 is 0 Å². The minimum Gasteiger partial charge on any atom is -0.293 e. The van der Waals surface area contributed by atoms with Crippen molar-refractivity contribution < 1.29 is 4.79 Å². The van der Waals surface area contributed by atoms with Gasteiger partial charge in [-0.25, -0.2) is 0 Å². The summed E-state index contributed by atoms with van der Waals surface area (Å²) < 4.78 is 3.70. The second-order valence-corrected chi connectivity index (χ2v) is 7.02. The third kappa shape index (κ3) is 1.91. The Kier molecular flexibility index (Phi) is 3.04. The first-order chi connectivity index (χ1) is 11.4. The molecule has 6 nitrogen and oxygen atoms in total. The number of rotatable bonds is 1. The molecule has 0 radical (unpaired) electrons. The molecule has 0 spiro atoms. The number of ketones is 1. The Balaban J connectivity index is 1.92. The number of nitrogens with zero attached hydrogens (tertiary/aromatic N) is 5. The number of aryl methyl sites for hydroxylation is 2. The number of carbonyl (C=O) groups excluding carboxylic acids is 1. The first-order valence-electron chi connectivity index (χ1n) is 8.15. The lowest BCUT2D eigenvalue weighted by Gasteiger charge is -2.40. The molecule has 2 aromatic rings. The average molecular weight is 321 g/mol. The van der Waals surface area contributed by atoms with Crippen LogP contribution in [0.25, 0.3) is 11.3 Å². The van der Waals surface area contributed by atoms with Crippen LogP contribution in [-0.2, 0) is 30.7 Å². The van der Waals surface area contributed by atoms with E-state index in [0.29, 0.717) is 6.42 Å². The number of nitriles is 1. The van der Waals surface area contributed by atoms with Gasteiger partial charge in [-0.15, -0.1) is 0 Å². The van der Waals surface area contributed by atoms with Crippen LogP contribution in [0.4, 0.5) is 0 Å². The normalized spacial score (nSPS) is 25.7. The zero-order chi connectivity index (χ0) is 17.1. The molecule has 2 aromatic heterocycles. The van der Waals surface area contributed by atoms with Crippen molar-refractivity contribution in [3.63, 3.8) is 0 Å². The van der Waals surface area contributed by atoms with Crippen LogP contribution in [0.5, 0.6) is 0 Å². The second kappa shape index (κ2) is 4.91. The van der Waals surface area contributed by atoms with Gasteiger partial charge in [0.05, 0.1) is 23.2 Å². The highest BCUT2D eigenvalue weighted by Gasteiger charge is 2.46. The van der Waals surface area contributed by atoms with Crippen molar-refractivity contribution in [3.8, 4) is 17.3 Å². The molecule has 0 aliphatic heterocycles. The summed E-state index contributed by atoms with van der Waals surface area (Å²) >= 11 is 0. The lowest BCUT2D eigenvalue weighted by atomic mass is 9.61. The molecule has 2 unspecified atom stereocenters. The summed E-state index contributed by atoms with van der Waals surface area (Å²) in [4.78, 5) is 12.1. The van der Waals surface area contributed by atoms with E-state index in [1.807, 2.05) is 37.2 Å². The average Bonchev–Trinajstić information content (AvgIpc) is 3.10. The predicted octanol–water partition coefficient (Wildman–Crippen LogP) is 2.06. The summed E-state index contributed by atoms with van der Waals surface area (Å²) in [6, 6.07) is 2.06. The fraction of sp³-hybridized carbons (Fsp3) is 0.444. The summed E-state index contributed by atoms with van der Waals surface area (Å²) in [7, 11) is 3.85. The molecule has 2 aliphatic carbocycles. The van der Waals surface area contributed by atoms with E-state index < -0.39 is 0 Å². The zero-order valence-electron chi connectivity index (χ0n) is 14.1. The highest BCUT2D eigenvalue weighted by atomic mass is 16.1. The SMILES string of the molecule is Cn1cc(-c2c3c(nn2C)C2(C)C=C(C#N)C(=O)CC2CC3)cn1. The third-order valence-corrected chi connectivity index (χ3v) is 5.52. The van der Waals surface area contributed by atoms with Crippen molar-refractivity contribution in [3.05, 3.63) is 35.3 Å². The lowest BCUT2D eigenvalue weighted by Crippen LogP contribution is -2.40. The van der Waals surface area contributed by atoms with E-state index in [9.17, 15) is 10.1 Å². The fourth-order valence-electron chi connectivity index (χ4n) is 4.26. The van der Waals surface area contributed by atoms with E-state index in [2.05, 4.69) is 18.1 Å². The van der Waals surface area contributed by atoms with Gasteiger partial charge in [-0.2, -0.15) is 15.5 Å². The van der Waals surface area contributed by atoms with Crippen LogP contribution in [0, 0.1) is 17.2 Å². The molecule has 4 rings (SSSR count). The van der Waals surface area contributed by atoms with Gasteiger partial charge in [0.1, 0.15) is 6.07 Å². The Morgan fingerprint density at radius 1 is 1.42 bits per heavy atom. The minimum absolute atomic E-state index is 0.0353. The van der Waals surface area contributed by atoms with Gasteiger partial charge < -0.3 is 0 Å². The van der Waals surface area contributed by atoms with Crippen LogP contribution in [-0.4, -0.2) is 25.3 Å². The highest BCUT2D eigenvalue weighted by molar-refractivity contribution is 6.00. The van der Waals surface area contributed by atoms with Crippen molar-refractivity contribution in [2.45, 2.75) is 31.6 Å². The number of carbonyl (C=O) groups is 1. The van der Waals surface area contributed by atoms with E-state index >= 15 is 0 Å². The number of fused-ring (bicyclic) bond motifs is 3. The maximum Gasteiger partial charge on any atom is 0.173 e. The van der Waals surface area contributed by atoms with Gasteiger partial charge in [-0.1, -0.05) is 13.0 Å². The standard InChI is InChI=1S/C18H19N5O/c1-18-7-11(8-19)15(24)6-13(18)4-5-14-16(23(3)21-17(14)18)12-9-20-22(2)10-12/h7,9-10,13H,4-6H2,1-3H3. The van der Waals surface area contributed by atoms with Crippen LogP contribution in [0.3, 0.4) is 0 Å². The maximum absolute atomic E-state index is 12.1. The summed E-state index contributed by atoms with van der Waals surface area (Å²) in [5.41, 5.74) is 4.27. The molecule has 0 amide bonds. The summed E-state index contributed by atoms with van der Waals surface area (Å²) in [6.45, 7) is 2.11. The summed E-state index contributed by atoms with van der Waals surface area (Å²) in [6.07, 6.45) is 7.97. The first-order valence-corrected chi connectivity index (χ1v) is 8.15. The number of aromatic nitrogens is 4. The Bertz CT molecular complexity index is 926. The molecule has 0 aromatic carbocycles. The van der Waals surface area contributed by atoms with Crippen LogP contribution in [0.1, 0.15) is 31.0 Å². The van der Waals surface area contributed by atoms with Crippen molar-refractivity contribution in [1.82, 2.24) is 19.6 Å². The molecule has 2 atom stereocenters. The van der Waals surface area contributed by atoms with Crippen molar-refractivity contribution in [2.24, 2.45) is 20.0 Å². The van der Waals surface area contributed by atoms with Gasteiger partial charge in [0.15, 0.2) is 5.78 Å². The van der Waals surface area contributed by atoms with E-state index in [1.165, 1.54) is 5.56 Å². The number of allylic oxidation sites excluding steroid dienone is 2. The Hall–Kier alpha value is -2.68. The van der Waals surface area contributed by atoms with E-state index in [4.69, 9.17) is 5.10 Å². The van der Waals surface area contributed by atoms with Crippen molar-refractivity contribution in [2.75, 3.05) is 0 Å². The van der Waals surface area contributed by atoms with Crippen LogP contribution in [0.2, 0.25) is 0 Å². The van der Waals surface area contributed by atoms with Gasteiger partial charge in [0, 0.05) is 43.3 Å². The number of hydrogen-bond acceptors (Lipinski definition) is 4. The molecule has 0 saturated carbocycles. The van der Waals surface area contributed by atoms with Gasteiger partial charge in [-0.3, -0.25) is 14.2 Å². The molecule has 0 fully saturated rings. The van der Waals surface area contributed by atoms with Crippen LogP contribution >= 0.6 is 0 Å². The van der Waals surface area contributed by atoms with Gasteiger partial charge in [0.2, 0.25) is 0 Å². The molecule has 2 heterocycles. The number of hydrogen-bond donors (Lipinski definition) is 0. The molecule has 2 aliphatic rings. The zero-order valence-corrected chi connectivity index (χ0v) is 14.1. The number of Topliss-reactive ketones (excluding diaryl/α,β-unsaturated/α-hetero) is 1. The predicted molar refractivity (Wildman–Crippen MR) is 87.9 cm³/mol. The van der Waals surface area contributed by atoms with Crippen molar-refractivity contribution in [1.29, 1.82) is 5.26 Å². The van der Waals surface area contributed by atoms with Crippen LogP contribution < -0.4 is 0 Å². The molecule has 24 heavy (non-hydrogen) atoms. The molecular weight excluding hydrogens is 302 g/mol. The van der Waals surface area contributed by atoms with E-state index in [-0.39, 0.29) is 22.7 Å². The quantitative estimate of drug-likeness (QED) is 0.805. The van der Waals surface area contributed by atoms with Gasteiger partial charge in [-0.05, 0) is 18.8 Å². The fourth-order valence-corrected chi connectivity index (χ4v) is 4.26. The smallest absolute Gasteiger partial charge is 0.173 e. The minimum atomic E-state index is -0.356. The Labute approximate surface area is 140 Å². The molecule has 0 bridgehead atoms. The monoisotopic (exact) mass is 321 g/mol. The van der Waals surface area contributed by atoms with E-state index in [1.54, 1.807) is 4.68 Å². The first kappa shape index (κ1) is 14.9. The van der Waals surface area contributed by atoms with Gasteiger partial charge in [0.25, 0.3) is 0 Å². The lowest BCUT2D eigenvalue weighted by molar-refractivity contribution is -0.117. The second-order valence-electron chi connectivity index (χ2n) is 7.02. The largest absolute Gasteiger partial charge is 0.293 e. The third-order valence-electron chi connectivity index (χ3n) is 5.52. The molecule has 122 valence electrons. The van der Waals surface area contributed by atoms with Crippen LogP contribution in [0.15, 0.2) is 24.0 Å². The van der Waals surface area contributed by atoms with Crippen molar-refractivity contribution >= 4 is 5.78 Å². The maximum atomic E-state index is 12.1. The Morgan fingerprint density at radius 2 is 2.21 bits per heavy atom. The molecule has 0 N–H and O–H groups in total. The summed E-state index contributed by atoms with van der Waals surface area (Å²) in [5, 5.41) is 18.4. The highest BCUT2D eigenvalue weighted by Crippen LogP contribution is 2.49. The summed E-state index contributed by atoms with van der Waals surface area (Å²) in [5.74, 6) is 0.179. The van der Waals surface area contributed by atoms with E-state index in [0.717, 1.165) is 29.8 Å². The Morgan fingerprint density at radius 3 is 2.88 bits per heavy atom. The molecule has 6 heteroatoms. The topological polar surface area (TPSA) is 76.5 Å². The molecule has 0 saturated heterocycles. The molecular formula is C18H19N5O.